The number of aliphatic hydroxyl groups excluding tert-OH is 1. The predicted octanol–water partition coefficient (Wildman–Crippen LogP) is 1.59. The van der Waals surface area contributed by atoms with Gasteiger partial charge in [-0.2, -0.15) is 0 Å². The van der Waals surface area contributed by atoms with E-state index in [2.05, 4.69) is 6.92 Å². The molecule has 2 saturated heterocycles. The quantitative estimate of drug-likeness (QED) is 0.917. The number of benzene rings is 1. The second-order valence-corrected chi connectivity index (χ2v) is 6.44. The lowest BCUT2D eigenvalue weighted by Gasteiger charge is -2.26. The lowest BCUT2D eigenvalue weighted by atomic mass is 10.1. The van der Waals surface area contributed by atoms with Crippen LogP contribution in [0.3, 0.4) is 0 Å². The van der Waals surface area contributed by atoms with E-state index in [1.54, 1.807) is 9.80 Å². The largest absolute Gasteiger partial charge is 0.394 e. The third-order valence-corrected chi connectivity index (χ3v) is 5.00. The van der Waals surface area contributed by atoms with E-state index in [0.717, 1.165) is 24.9 Å². The van der Waals surface area contributed by atoms with Crippen molar-refractivity contribution in [2.24, 2.45) is 5.92 Å². The monoisotopic (exact) mass is 316 g/mol. The summed E-state index contributed by atoms with van der Waals surface area (Å²) in [5.74, 6) is -0.268. The van der Waals surface area contributed by atoms with E-state index in [9.17, 15) is 14.7 Å². The van der Waals surface area contributed by atoms with E-state index in [-0.39, 0.29) is 36.8 Å². The van der Waals surface area contributed by atoms with Crippen LogP contribution in [0, 0.1) is 5.92 Å². The summed E-state index contributed by atoms with van der Waals surface area (Å²) in [6.45, 7) is 3.24. The number of anilines is 1. The van der Waals surface area contributed by atoms with Gasteiger partial charge in [0, 0.05) is 25.2 Å². The van der Waals surface area contributed by atoms with Crippen molar-refractivity contribution >= 4 is 17.5 Å². The molecule has 0 bridgehead atoms. The molecule has 2 aliphatic heterocycles. The molecule has 0 aliphatic carbocycles. The first-order valence-corrected chi connectivity index (χ1v) is 8.44. The Balaban J connectivity index is 1.70. The van der Waals surface area contributed by atoms with Crippen molar-refractivity contribution in [3.8, 4) is 0 Å². The van der Waals surface area contributed by atoms with Gasteiger partial charge in [-0.1, -0.05) is 19.1 Å². The molecule has 23 heavy (non-hydrogen) atoms. The highest BCUT2D eigenvalue weighted by Gasteiger charge is 2.40. The minimum absolute atomic E-state index is 0.00680. The second kappa shape index (κ2) is 6.71. The summed E-state index contributed by atoms with van der Waals surface area (Å²) < 4.78 is 0. The van der Waals surface area contributed by atoms with Crippen molar-refractivity contribution in [1.82, 2.24) is 4.90 Å². The minimum atomic E-state index is -0.291. The number of nitrogens with zero attached hydrogens (tertiary/aromatic N) is 2. The molecule has 1 aromatic carbocycles. The van der Waals surface area contributed by atoms with Crippen LogP contribution in [0.4, 0.5) is 5.69 Å². The standard InChI is InChI=1S/C18H24N2O3/c1-2-13-5-7-15(8-6-13)20-11-14(10-17(20)22)18(23)19-9-3-4-16(19)12-21/h5-8,14,16,21H,2-4,9-12H2,1H3/t14?,16-/m1/s1. The second-order valence-electron chi connectivity index (χ2n) is 6.44. The van der Waals surface area contributed by atoms with Crippen molar-refractivity contribution in [2.75, 3.05) is 24.6 Å². The first-order valence-electron chi connectivity index (χ1n) is 8.44. The summed E-state index contributed by atoms with van der Waals surface area (Å²) in [4.78, 5) is 28.5. The van der Waals surface area contributed by atoms with Gasteiger partial charge in [0.25, 0.3) is 0 Å². The first-order chi connectivity index (χ1) is 11.1. The molecule has 2 fully saturated rings. The van der Waals surface area contributed by atoms with Crippen LogP contribution in [0.1, 0.15) is 31.7 Å². The molecule has 5 nitrogen and oxygen atoms in total. The zero-order valence-corrected chi connectivity index (χ0v) is 13.6. The van der Waals surface area contributed by atoms with E-state index < -0.39 is 0 Å². The van der Waals surface area contributed by atoms with Gasteiger partial charge in [-0.05, 0) is 37.0 Å². The summed E-state index contributed by atoms with van der Waals surface area (Å²) in [5, 5.41) is 9.39. The van der Waals surface area contributed by atoms with Crippen molar-refractivity contribution in [3.05, 3.63) is 29.8 Å². The number of amides is 2. The molecule has 2 amide bonds. The molecule has 1 unspecified atom stereocenters. The summed E-state index contributed by atoms with van der Waals surface area (Å²) in [6.07, 6.45) is 3.01. The normalized spacial score (nSPS) is 24.5. The molecule has 2 aliphatic rings. The summed E-state index contributed by atoms with van der Waals surface area (Å²) in [6, 6.07) is 7.89. The Morgan fingerprint density at radius 1 is 1.30 bits per heavy atom. The smallest absolute Gasteiger partial charge is 0.228 e. The van der Waals surface area contributed by atoms with Gasteiger partial charge in [0.15, 0.2) is 0 Å². The first kappa shape index (κ1) is 16.0. The SMILES string of the molecule is CCc1ccc(N2CC(C(=O)N3CCC[C@@H]3CO)CC2=O)cc1. The molecule has 0 radical (unpaired) electrons. The van der Waals surface area contributed by atoms with Crippen LogP contribution < -0.4 is 4.90 Å². The number of hydrogen-bond donors (Lipinski definition) is 1. The van der Waals surface area contributed by atoms with Crippen molar-refractivity contribution in [1.29, 1.82) is 0 Å². The summed E-state index contributed by atoms with van der Waals surface area (Å²) >= 11 is 0. The molecule has 0 aromatic heterocycles. The maximum Gasteiger partial charge on any atom is 0.228 e. The molecule has 0 spiro atoms. The third-order valence-electron chi connectivity index (χ3n) is 5.00. The fraction of sp³-hybridized carbons (Fsp3) is 0.556. The van der Waals surface area contributed by atoms with E-state index in [0.29, 0.717) is 13.1 Å². The third kappa shape index (κ3) is 3.11. The average molecular weight is 316 g/mol. The highest BCUT2D eigenvalue weighted by Crippen LogP contribution is 2.29. The van der Waals surface area contributed by atoms with Crippen LogP contribution in [-0.4, -0.2) is 47.6 Å². The molecule has 5 heteroatoms. The van der Waals surface area contributed by atoms with Gasteiger partial charge >= 0.3 is 0 Å². The Labute approximate surface area is 136 Å². The maximum absolute atomic E-state index is 12.7. The average Bonchev–Trinajstić information content (AvgIpc) is 3.20. The topological polar surface area (TPSA) is 60.9 Å². The van der Waals surface area contributed by atoms with E-state index in [1.165, 1.54) is 5.56 Å². The molecule has 3 rings (SSSR count). The van der Waals surface area contributed by atoms with Crippen LogP contribution in [0.5, 0.6) is 0 Å². The molecule has 1 N–H and O–H groups in total. The predicted molar refractivity (Wildman–Crippen MR) is 88.1 cm³/mol. The van der Waals surface area contributed by atoms with Crippen LogP contribution in [-0.2, 0) is 16.0 Å². The Morgan fingerprint density at radius 2 is 2.04 bits per heavy atom. The molecular formula is C18H24N2O3. The molecule has 2 atom stereocenters. The van der Waals surface area contributed by atoms with Gasteiger partial charge in [-0.3, -0.25) is 9.59 Å². The Morgan fingerprint density at radius 3 is 2.70 bits per heavy atom. The fourth-order valence-corrected chi connectivity index (χ4v) is 3.58. The zero-order valence-electron chi connectivity index (χ0n) is 13.6. The minimum Gasteiger partial charge on any atom is -0.394 e. The Hall–Kier alpha value is -1.88. The number of aryl methyl sites for hydroxylation is 1. The molecule has 2 heterocycles. The van der Waals surface area contributed by atoms with Gasteiger partial charge in [-0.15, -0.1) is 0 Å². The van der Waals surface area contributed by atoms with E-state index in [1.807, 2.05) is 24.3 Å². The molecule has 124 valence electrons. The van der Waals surface area contributed by atoms with Gasteiger partial charge in [-0.25, -0.2) is 0 Å². The highest BCUT2D eigenvalue weighted by molar-refractivity contribution is 6.00. The van der Waals surface area contributed by atoms with E-state index >= 15 is 0 Å². The Bertz CT molecular complexity index is 584. The van der Waals surface area contributed by atoms with Crippen LogP contribution in [0.15, 0.2) is 24.3 Å². The number of carbonyl (C=O) groups excluding carboxylic acids is 2. The summed E-state index contributed by atoms with van der Waals surface area (Å²) in [7, 11) is 0. The summed E-state index contributed by atoms with van der Waals surface area (Å²) in [5.41, 5.74) is 2.10. The van der Waals surface area contributed by atoms with Crippen LogP contribution >= 0.6 is 0 Å². The van der Waals surface area contributed by atoms with Crippen molar-refractivity contribution in [3.63, 3.8) is 0 Å². The number of rotatable bonds is 4. The van der Waals surface area contributed by atoms with Gasteiger partial charge < -0.3 is 14.9 Å². The molecular weight excluding hydrogens is 292 g/mol. The number of hydrogen-bond acceptors (Lipinski definition) is 3. The van der Waals surface area contributed by atoms with Gasteiger partial charge in [0.2, 0.25) is 11.8 Å². The van der Waals surface area contributed by atoms with Gasteiger partial charge in [0.05, 0.1) is 18.6 Å². The maximum atomic E-state index is 12.7. The number of carbonyl (C=O) groups is 2. The number of likely N-dealkylation sites (tertiary alicyclic amines) is 1. The molecule has 1 aromatic rings. The molecule has 0 saturated carbocycles. The lowest BCUT2D eigenvalue weighted by molar-refractivity contribution is -0.137. The van der Waals surface area contributed by atoms with Crippen LogP contribution in [0.2, 0.25) is 0 Å². The van der Waals surface area contributed by atoms with Gasteiger partial charge in [0.1, 0.15) is 0 Å². The van der Waals surface area contributed by atoms with Crippen molar-refractivity contribution < 1.29 is 14.7 Å². The zero-order chi connectivity index (χ0) is 16.4. The Kier molecular flexibility index (Phi) is 4.66. The fourth-order valence-electron chi connectivity index (χ4n) is 3.58. The highest BCUT2D eigenvalue weighted by atomic mass is 16.3. The van der Waals surface area contributed by atoms with Crippen LogP contribution in [0.25, 0.3) is 0 Å². The van der Waals surface area contributed by atoms with Crippen molar-refractivity contribution in [2.45, 2.75) is 38.6 Å². The lowest BCUT2D eigenvalue weighted by Crippen LogP contribution is -2.42. The van der Waals surface area contributed by atoms with E-state index in [4.69, 9.17) is 0 Å². The number of aliphatic hydroxyl groups is 1.